The van der Waals surface area contributed by atoms with Gasteiger partial charge in [-0.05, 0) is 36.2 Å². The number of rotatable bonds is 6. The topological polar surface area (TPSA) is 96.5 Å². The maximum Gasteiger partial charge on any atom is 0.254 e. The van der Waals surface area contributed by atoms with Gasteiger partial charge in [0.15, 0.2) is 0 Å². The predicted molar refractivity (Wildman–Crippen MR) is 100 cm³/mol. The van der Waals surface area contributed by atoms with E-state index in [1.54, 1.807) is 31.4 Å². The molecule has 1 aliphatic heterocycles. The van der Waals surface area contributed by atoms with Crippen molar-refractivity contribution in [3.05, 3.63) is 59.7 Å². The van der Waals surface area contributed by atoms with E-state index in [1.165, 1.54) is 0 Å². The van der Waals surface area contributed by atoms with Crippen LogP contribution in [0.25, 0.3) is 0 Å². The van der Waals surface area contributed by atoms with Gasteiger partial charge in [-0.25, -0.2) is 0 Å². The monoisotopic (exact) mass is 367 g/mol. The Morgan fingerprint density at radius 3 is 2.59 bits per heavy atom. The Balaban J connectivity index is 1.51. The Labute approximate surface area is 157 Å². The molecule has 0 saturated heterocycles. The summed E-state index contributed by atoms with van der Waals surface area (Å²) < 4.78 is 5.09. The van der Waals surface area contributed by atoms with Crippen LogP contribution in [0.1, 0.15) is 28.8 Å². The molecule has 0 fully saturated rings. The summed E-state index contributed by atoms with van der Waals surface area (Å²) in [6.45, 7) is 0.386. The molecule has 0 aliphatic carbocycles. The lowest BCUT2D eigenvalue weighted by atomic mass is 10.1. The number of amides is 3. The van der Waals surface area contributed by atoms with Crippen LogP contribution < -0.4 is 20.7 Å². The number of hydrogen-bond donors (Lipinski definition) is 3. The summed E-state index contributed by atoms with van der Waals surface area (Å²) >= 11 is 0. The molecule has 3 amide bonds. The van der Waals surface area contributed by atoms with E-state index in [4.69, 9.17) is 4.74 Å². The van der Waals surface area contributed by atoms with E-state index in [-0.39, 0.29) is 30.6 Å². The Kier molecular flexibility index (Phi) is 5.71. The molecule has 3 rings (SSSR count). The summed E-state index contributed by atoms with van der Waals surface area (Å²) in [6, 6.07) is 13.4. The molecule has 0 saturated carbocycles. The van der Waals surface area contributed by atoms with Crippen LogP contribution in [0.4, 0.5) is 5.69 Å². The summed E-state index contributed by atoms with van der Waals surface area (Å²) in [5.74, 6) is -0.0836. The third-order valence-electron chi connectivity index (χ3n) is 4.36. The van der Waals surface area contributed by atoms with Crippen molar-refractivity contribution in [3.8, 4) is 5.75 Å². The van der Waals surface area contributed by atoms with Crippen molar-refractivity contribution in [2.75, 3.05) is 12.4 Å². The number of hydrogen-bond acceptors (Lipinski definition) is 4. The largest absolute Gasteiger partial charge is 0.497 e. The molecule has 7 heteroatoms. The molecule has 7 nitrogen and oxygen atoms in total. The number of nitrogens with one attached hydrogen (secondary N) is 3. The van der Waals surface area contributed by atoms with Gasteiger partial charge in [-0.15, -0.1) is 0 Å². The maximum atomic E-state index is 12.3. The Morgan fingerprint density at radius 2 is 1.85 bits per heavy atom. The van der Waals surface area contributed by atoms with Crippen molar-refractivity contribution in [2.45, 2.75) is 25.4 Å². The van der Waals surface area contributed by atoms with Gasteiger partial charge in [0.05, 0.1) is 18.4 Å². The summed E-state index contributed by atoms with van der Waals surface area (Å²) in [6.07, 6.45) is 0.352. The molecular weight excluding hydrogens is 346 g/mol. The minimum Gasteiger partial charge on any atom is -0.497 e. The molecule has 2 aromatic carbocycles. The molecule has 0 spiro atoms. The number of ether oxygens (including phenoxy) is 1. The van der Waals surface area contributed by atoms with Gasteiger partial charge in [-0.2, -0.15) is 0 Å². The minimum absolute atomic E-state index is 0.130. The van der Waals surface area contributed by atoms with Crippen LogP contribution in [0.2, 0.25) is 0 Å². The maximum absolute atomic E-state index is 12.3. The number of benzene rings is 2. The second-order valence-corrected chi connectivity index (χ2v) is 6.22. The molecule has 3 N–H and O–H groups in total. The minimum atomic E-state index is -0.753. The van der Waals surface area contributed by atoms with E-state index >= 15 is 0 Å². The number of para-hydroxylation sites is 1. The summed E-state index contributed by atoms with van der Waals surface area (Å²) in [7, 11) is 1.59. The van der Waals surface area contributed by atoms with Crippen LogP contribution in [0.15, 0.2) is 48.5 Å². The zero-order valence-corrected chi connectivity index (χ0v) is 15.0. The number of methoxy groups -OCH3 is 1. The standard InChI is InChI=1S/C20H21N3O4/c1-27-14-8-6-13(7-9-14)12-21-18(24)11-10-17-20(26)22-16-5-3-2-4-15(16)19(25)23-17/h2-9,17H,10-12H2,1H3,(H,21,24)(H,22,26)(H,23,25)/t17-/m0/s1. The summed E-state index contributed by atoms with van der Waals surface area (Å²) in [5, 5.41) is 8.22. The van der Waals surface area contributed by atoms with Crippen LogP contribution in [-0.4, -0.2) is 30.9 Å². The first kappa shape index (κ1) is 18.4. The lowest BCUT2D eigenvalue weighted by Gasteiger charge is -2.14. The van der Waals surface area contributed by atoms with Gasteiger partial charge in [0.1, 0.15) is 11.8 Å². The molecule has 0 bridgehead atoms. The number of fused-ring (bicyclic) bond motifs is 1. The Morgan fingerprint density at radius 1 is 1.11 bits per heavy atom. The van der Waals surface area contributed by atoms with Gasteiger partial charge in [0.25, 0.3) is 5.91 Å². The highest BCUT2D eigenvalue weighted by molar-refractivity contribution is 6.09. The van der Waals surface area contributed by atoms with E-state index in [0.717, 1.165) is 11.3 Å². The van der Waals surface area contributed by atoms with Crippen LogP contribution >= 0.6 is 0 Å². The fourth-order valence-corrected chi connectivity index (χ4v) is 2.82. The van der Waals surface area contributed by atoms with E-state index in [2.05, 4.69) is 16.0 Å². The van der Waals surface area contributed by atoms with Crippen molar-refractivity contribution in [1.29, 1.82) is 0 Å². The van der Waals surface area contributed by atoms with Gasteiger partial charge in [0, 0.05) is 13.0 Å². The zero-order chi connectivity index (χ0) is 19.2. The highest BCUT2D eigenvalue weighted by Crippen LogP contribution is 2.19. The van der Waals surface area contributed by atoms with Crippen molar-refractivity contribution < 1.29 is 19.1 Å². The third-order valence-corrected chi connectivity index (χ3v) is 4.36. The highest BCUT2D eigenvalue weighted by Gasteiger charge is 2.27. The van der Waals surface area contributed by atoms with Gasteiger partial charge in [0.2, 0.25) is 11.8 Å². The van der Waals surface area contributed by atoms with Gasteiger partial charge in [-0.3, -0.25) is 14.4 Å². The van der Waals surface area contributed by atoms with Crippen LogP contribution in [0.5, 0.6) is 5.75 Å². The first-order chi connectivity index (χ1) is 13.1. The van der Waals surface area contributed by atoms with Gasteiger partial charge < -0.3 is 20.7 Å². The summed E-state index contributed by atoms with van der Waals surface area (Å²) in [5.41, 5.74) is 1.84. The molecule has 1 aliphatic rings. The van der Waals surface area contributed by atoms with Crippen molar-refractivity contribution >= 4 is 23.4 Å². The van der Waals surface area contributed by atoms with Gasteiger partial charge in [-0.1, -0.05) is 24.3 Å². The van der Waals surface area contributed by atoms with E-state index in [9.17, 15) is 14.4 Å². The second-order valence-electron chi connectivity index (χ2n) is 6.22. The Hall–Kier alpha value is -3.35. The molecule has 1 atom stereocenters. The van der Waals surface area contributed by atoms with Gasteiger partial charge >= 0.3 is 0 Å². The zero-order valence-electron chi connectivity index (χ0n) is 15.0. The quantitative estimate of drug-likeness (QED) is 0.726. The average molecular weight is 367 g/mol. The molecular formula is C20H21N3O4. The third kappa shape index (κ3) is 4.63. The fourth-order valence-electron chi connectivity index (χ4n) is 2.82. The lowest BCUT2D eigenvalue weighted by molar-refractivity contribution is -0.122. The molecule has 0 aromatic heterocycles. The number of carbonyl (C=O) groups is 3. The SMILES string of the molecule is COc1ccc(CNC(=O)CC[C@@H]2NC(=O)c3ccccc3NC2=O)cc1. The van der Waals surface area contributed by atoms with Crippen LogP contribution in [-0.2, 0) is 16.1 Å². The first-order valence-electron chi connectivity index (χ1n) is 8.67. The van der Waals surface area contributed by atoms with E-state index < -0.39 is 6.04 Å². The van der Waals surface area contributed by atoms with Crippen molar-refractivity contribution in [3.63, 3.8) is 0 Å². The van der Waals surface area contributed by atoms with E-state index in [0.29, 0.717) is 17.8 Å². The van der Waals surface area contributed by atoms with Crippen LogP contribution in [0, 0.1) is 0 Å². The highest BCUT2D eigenvalue weighted by atomic mass is 16.5. The first-order valence-corrected chi connectivity index (χ1v) is 8.67. The molecule has 1 heterocycles. The molecule has 0 unspecified atom stereocenters. The second kappa shape index (κ2) is 8.35. The van der Waals surface area contributed by atoms with Crippen molar-refractivity contribution in [2.24, 2.45) is 0 Å². The number of anilines is 1. The summed E-state index contributed by atoms with van der Waals surface area (Å²) in [4.78, 5) is 36.7. The lowest BCUT2D eigenvalue weighted by Crippen LogP contribution is -2.42. The van der Waals surface area contributed by atoms with E-state index in [1.807, 2.05) is 24.3 Å². The van der Waals surface area contributed by atoms with Crippen LogP contribution in [0.3, 0.4) is 0 Å². The number of carbonyl (C=O) groups excluding carboxylic acids is 3. The molecule has 0 radical (unpaired) electrons. The van der Waals surface area contributed by atoms with Crippen molar-refractivity contribution in [1.82, 2.24) is 10.6 Å². The fraction of sp³-hybridized carbons (Fsp3) is 0.250. The molecule has 2 aromatic rings. The normalized spacial score (nSPS) is 15.8. The average Bonchev–Trinajstić information content (AvgIpc) is 2.81. The smallest absolute Gasteiger partial charge is 0.254 e. The predicted octanol–water partition coefficient (Wildman–Crippen LogP) is 1.84. The molecule has 140 valence electrons. The molecule has 27 heavy (non-hydrogen) atoms. The Bertz CT molecular complexity index is 849.